The summed E-state index contributed by atoms with van der Waals surface area (Å²) < 4.78 is 5.70. The lowest BCUT2D eigenvalue weighted by atomic mass is 9.73. The van der Waals surface area contributed by atoms with Gasteiger partial charge in [-0.1, -0.05) is 19.8 Å². The Morgan fingerprint density at radius 1 is 1.36 bits per heavy atom. The monoisotopic (exact) mass is 447 g/mol. The maximum absolute atomic E-state index is 13.0. The fourth-order valence-corrected chi connectivity index (χ4v) is 4.48. The molecule has 0 bridgehead atoms. The molecule has 9 nitrogen and oxygen atoms in total. The second-order valence-electron chi connectivity index (χ2n) is 8.53. The molecule has 1 spiro atoms. The minimum Gasteiger partial charge on any atom is -0.438 e. The number of carbonyl (C=O) groups excluding carboxylic acids is 3. The molecule has 9 heteroatoms. The van der Waals surface area contributed by atoms with Gasteiger partial charge in [0.2, 0.25) is 11.8 Å². The van der Waals surface area contributed by atoms with Crippen LogP contribution >= 0.6 is 0 Å². The van der Waals surface area contributed by atoms with Crippen LogP contribution in [0.1, 0.15) is 43.7 Å². The largest absolute Gasteiger partial charge is 0.438 e. The minimum atomic E-state index is -0.891. The molecular formula is C24H25N5O4. The van der Waals surface area contributed by atoms with Crippen molar-refractivity contribution in [3.8, 4) is 17.7 Å². The van der Waals surface area contributed by atoms with E-state index in [0.29, 0.717) is 29.0 Å². The summed E-state index contributed by atoms with van der Waals surface area (Å²) >= 11 is 0. The zero-order valence-corrected chi connectivity index (χ0v) is 18.6. The van der Waals surface area contributed by atoms with Gasteiger partial charge in [0.25, 0.3) is 5.91 Å². The molecule has 0 radical (unpaired) electrons. The van der Waals surface area contributed by atoms with Crippen LogP contribution in [0.5, 0.6) is 11.6 Å². The van der Waals surface area contributed by atoms with Crippen molar-refractivity contribution in [2.75, 3.05) is 11.9 Å². The molecule has 1 aliphatic carbocycles. The first kappa shape index (κ1) is 22.3. The van der Waals surface area contributed by atoms with Gasteiger partial charge in [-0.3, -0.25) is 14.5 Å². The lowest BCUT2D eigenvalue weighted by molar-refractivity contribution is -0.136. The quantitative estimate of drug-likeness (QED) is 0.676. The molecule has 2 fully saturated rings. The highest BCUT2D eigenvalue weighted by molar-refractivity contribution is 6.10. The Labute approximate surface area is 191 Å². The number of imide groups is 1. The van der Waals surface area contributed by atoms with Crippen LogP contribution in [0, 0.1) is 24.2 Å². The van der Waals surface area contributed by atoms with Gasteiger partial charge in [-0.25, -0.2) is 9.78 Å². The molecule has 4 amide bonds. The zero-order valence-electron chi connectivity index (χ0n) is 18.6. The second-order valence-corrected chi connectivity index (χ2v) is 8.53. The van der Waals surface area contributed by atoms with E-state index in [0.717, 1.165) is 24.2 Å². The fraction of sp³-hybridized carbons (Fsp3) is 0.375. The van der Waals surface area contributed by atoms with E-state index >= 15 is 0 Å². The summed E-state index contributed by atoms with van der Waals surface area (Å²) in [7, 11) is 0. The number of urea groups is 1. The van der Waals surface area contributed by atoms with Crippen LogP contribution in [0.2, 0.25) is 0 Å². The van der Waals surface area contributed by atoms with Crippen LogP contribution in [-0.4, -0.2) is 39.8 Å². The number of anilines is 1. The van der Waals surface area contributed by atoms with Gasteiger partial charge in [0.15, 0.2) is 0 Å². The van der Waals surface area contributed by atoms with Crippen LogP contribution < -0.4 is 15.4 Å². The van der Waals surface area contributed by atoms with Crippen LogP contribution in [-0.2, 0) is 9.59 Å². The number of pyridine rings is 1. The molecule has 1 aliphatic heterocycles. The number of ether oxygens (including phenoxy) is 1. The third kappa shape index (κ3) is 4.24. The number of nitriles is 1. The van der Waals surface area contributed by atoms with Gasteiger partial charge < -0.3 is 15.4 Å². The van der Waals surface area contributed by atoms with Crippen molar-refractivity contribution in [2.24, 2.45) is 5.92 Å². The molecule has 2 aromatic rings. The topological polar surface area (TPSA) is 124 Å². The molecule has 2 unspecified atom stereocenters. The lowest BCUT2D eigenvalue weighted by Gasteiger charge is -2.36. The fourth-order valence-electron chi connectivity index (χ4n) is 4.48. The number of hydrogen-bond acceptors (Lipinski definition) is 6. The zero-order chi connectivity index (χ0) is 23.6. The summed E-state index contributed by atoms with van der Waals surface area (Å²) in [5, 5.41) is 14.8. The van der Waals surface area contributed by atoms with E-state index in [1.165, 1.54) is 6.20 Å². The number of rotatable bonds is 5. The molecule has 2 N–H and O–H groups in total. The SMILES string of the molecule is Cc1cc(Oc2ncccc2C#N)ccc1NC(=O)CN1C(=O)NC2(CCCCC2C)C1=O. The van der Waals surface area contributed by atoms with Crippen LogP contribution in [0.25, 0.3) is 0 Å². The molecule has 2 heterocycles. The highest BCUT2D eigenvalue weighted by Gasteiger charge is 2.55. The molecule has 1 aromatic carbocycles. The number of amides is 4. The third-order valence-electron chi connectivity index (χ3n) is 6.38. The van der Waals surface area contributed by atoms with E-state index < -0.39 is 17.5 Å². The number of carbonyl (C=O) groups is 3. The van der Waals surface area contributed by atoms with Gasteiger partial charge in [0.1, 0.15) is 29.5 Å². The summed E-state index contributed by atoms with van der Waals surface area (Å²) in [6, 6.07) is 9.77. The van der Waals surface area contributed by atoms with E-state index in [-0.39, 0.29) is 24.2 Å². The van der Waals surface area contributed by atoms with Crippen molar-refractivity contribution in [2.45, 2.75) is 45.1 Å². The Morgan fingerprint density at radius 2 is 2.18 bits per heavy atom. The average Bonchev–Trinajstić information content (AvgIpc) is 3.03. The maximum atomic E-state index is 13.0. The Kier molecular flexibility index (Phi) is 6.01. The van der Waals surface area contributed by atoms with Gasteiger partial charge in [-0.15, -0.1) is 0 Å². The number of aryl methyl sites for hydroxylation is 1. The average molecular weight is 447 g/mol. The maximum Gasteiger partial charge on any atom is 0.325 e. The van der Waals surface area contributed by atoms with Crippen LogP contribution in [0.4, 0.5) is 10.5 Å². The van der Waals surface area contributed by atoms with E-state index in [1.54, 1.807) is 37.3 Å². The molecule has 1 aromatic heterocycles. The predicted octanol–water partition coefficient (Wildman–Crippen LogP) is 3.49. The van der Waals surface area contributed by atoms with Crippen molar-refractivity contribution >= 4 is 23.5 Å². The van der Waals surface area contributed by atoms with E-state index in [2.05, 4.69) is 15.6 Å². The first-order valence-electron chi connectivity index (χ1n) is 10.9. The van der Waals surface area contributed by atoms with Crippen molar-refractivity contribution in [1.29, 1.82) is 5.26 Å². The third-order valence-corrected chi connectivity index (χ3v) is 6.38. The number of nitrogens with zero attached hydrogens (tertiary/aromatic N) is 3. The first-order chi connectivity index (χ1) is 15.8. The van der Waals surface area contributed by atoms with E-state index in [9.17, 15) is 19.6 Å². The second kappa shape index (κ2) is 8.90. The summed E-state index contributed by atoms with van der Waals surface area (Å²) in [6.45, 7) is 3.41. The number of benzene rings is 1. The summed E-state index contributed by atoms with van der Waals surface area (Å²) in [6.07, 6.45) is 4.91. The van der Waals surface area contributed by atoms with Gasteiger partial charge in [0.05, 0.1) is 0 Å². The minimum absolute atomic E-state index is 0.0335. The number of hydrogen-bond donors (Lipinski definition) is 2. The highest BCUT2D eigenvalue weighted by atomic mass is 16.5. The van der Waals surface area contributed by atoms with E-state index in [1.807, 2.05) is 13.0 Å². The Bertz CT molecular complexity index is 1160. The molecule has 33 heavy (non-hydrogen) atoms. The van der Waals surface area contributed by atoms with Gasteiger partial charge in [-0.05, 0) is 61.6 Å². The van der Waals surface area contributed by atoms with Gasteiger partial charge >= 0.3 is 6.03 Å². The van der Waals surface area contributed by atoms with Crippen molar-refractivity contribution in [3.63, 3.8) is 0 Å². The number of nitrogens with one attached hydrogen (secondary N) is 2. The normalized spacial score (nSPS) is 22.1. The van der Waals surface area contributed by atoms with E-state index in [4.69, 9.17) is 4.74 Å². The Hall–Kier alpha value is -3.93. The summed E-state index contributed by atoms with van der Waals surface area (Å²) in [4.78, 5) is 43.3. The Balaban J connectivity index is 1.42. The van der Waals surface area contributed by atoms with Gasteiger partial charge in [0, 0.05) is 11.9 Å². The first-order valence-corrected chi connectivity index (χ1v) is 10.9. The number of aromatic nitrogens is 1. The molecular weight excluding hydrogens is 422 g/mol. The molecule has 1 saturated carbocycles. The van der Waals surface area contributed by atoms with Gasteiger partial charge in [-0.2, -0.15) is 5.26 Å². The molecule has 1 saturated heterocycles. The lowest BCUT2D eigenvalue weighted by Crippen LogP contribution is -2.54. The summed E-state index contributed by atoms with van der Waals surface area (Å²) in [5.74, 6) is -0.0962. The van der Waals surface area contributed by atoms with Crippen molar-refractivity contribution in [1.82, 2.24) is 15.2 Å². The van der Waals surface area contributed by atoms with Crippen molar-refractivity contribution < 1.29 is 19.1 Å². The molecule has 2 atom stereocenters. The van der Waals surface area contributed by atoms with Crippen LogP contribution in [0.15, 0.2) is 36.5 Å². The van der Waals surface area contributed by atoms with Crippen molar-refractivity contribution in [3.05, 3.63) is 47.7 Å². The molecule has 2 aliphatic rings. The highest BCUT2D eigenvalue weighted by Crippen LogP contribution is 2.38. The van der Waals surface area contributed by atoms with Crippen LogP contribution in [0.3, 0.4) is 0 Å². The smallest absolute Gasteiger partial charge is 0.325 e. The standard InChI is InChI=1S/C24H25N5O4/c1-15-12-18(33-21-17(13-25)7-5-11-26-21)8-9-19(15)27-20(30)14-29-22(31)24(28-23(29)32)10-4-3-6-16(24)2/h5,7-9,11-12,16H,3-4,6,10,14H2,1-2H3,(H,27,30)(H,28,32). The molecule has 4 rings (SSSR count). The Morgan fingerprint density at radius 3 is 2.91 bits per heavy atom. The molecule has 170 valence electrons. The predicted molar refractivity (Wildman–Crippen MR) is 119 cm³/mol. The summed E-state index contributed by atoms with van der Waals surface area (Å²) in [5.41, 5.74) is 0.663.